The van der Waals surface area contributed by atoms with Crippen molar-refractivity contribution in [3.63, 3.8) is 0 Å². The molecule has 1 heterocycles. The second-order valence-corrected chi connectivity index (χ2v) is 3.74. The van der Waals surface area contributed by atoms with Gasteiger partial charge in [-0.1, -0.05) is 6.07 Å². The third-order valence-electron chi connectivity index (χ3n) is 2.33. The number of nitrogens with zero attached hydrogens (tertiary/aromatic N) is 3. The molecule has 19 heavy (non-hydrogen) atoms. The van der Waals surface area contributed by atoms with Gasteiger partial charge in [0.2, 0.25) is 5.95 Å². The van der Waals surface area contributed by atoms with Crippen molar-refractivity contribution >= 4 is 17.5 Å². The number of anilines is 3. The van der Waals surface area contributed by atoms with Crippen LogP contribution in [-0.4, -0.2) is 16.5 Å². The molecule has 2 N–H and O–H groups in total. The lowest BCUT2D eigenvalue weighted by Crippen LogP contribution is -2.05. The van der Waals surface area contributed by atoms with Crippen molar-refractivity contribution in [1.82, 2.24) is 9.97 Å². The van der Waals surface area contributed by atoms with Gasteiger partial charge in [-0.2, -0.15) is 10.2 Å². The fourth-order valence-electron chi connectivity index (χ4n) is 1.50. The number of halogens is 1. The maximum Gasteiger partial charge on any atom is 0.224 e. The molecular weight excluding hydrogens is 245 g/mol. The lowest BCUT2D eigenvalue weighted by molar-refractivity contribution is 0.619. The largest absolute Gasteiger partial charge is 0.354 e. The maximum atomic E-state index is 13.6. The summed E-state index contributed by atoms with van der Waals surface area (Å²) in [5, 5.41) is 14.5. The van der Waals surface area contributed by atoms with Crippen molar-refractivity contribution in [3.8, 4) is 6.07 Å². The summed E-state index contributed by atoms with van der Waals surface area (Å²) < 4.78 is 13.6. The molecule has 0 aliphatic heterocycles. The molecule has 96 valence electrons. The van der Waals surface area contributed by atoms with Gasteiger partial charge in [0.15, 0.2) is 11.6 Å². The quantitative estimate of drug-likeness (QED) is 0.880. The van der Waals surface area contributed by atoms with E-state index in [1.807, 2.05) is 13.0 Å². The number of nitriles is 1. The molecule has 0 saturated carbocycles. The van der Waals surface area contributed by atoms with Crippen LogP contribution in [-0.2, 0) is 0 Å². The zero-order valence-electron chi connectivity index (χ0n) is 10.3. The molecule has 0 bridgehead atoms. The van der Waals surface area contributed by atoms with Crippen LogP contribution < -0.4 is 10.6 Å². The van der Waals surface area contributed by atoms with Crippen molar-refractivity contribution in [1.29, 1.82) is 5.26 Å². The SMILES string of the molecule is CCNc1ncc(F)c(Nc2cccc(C#N)c2)n1. The average molecular weight is 257 g/mol. The molecule has 0 spiro atoms. The van der Waals surface area contributed by atoms with Crippen molar-refractivity contribution in [2.45, 2.75) is 6.92 Å². The summed E-state index contributed by atoms with van der Waals surface area (Å²) in [7, 11) is 0. The minimum Gasteiger partial charge on any atom is -0.354 e. The lowest BCUT2D eigenvalue weighted by Gasteiger charge is -2.08. The van der Waals surface area contributed by atoms with E-state index in [0.29, 0.717) is 23.7 Å². The minimum atomic E-state index is -0.552. The maximum absolute atomic E-state index is 13.6. The van der Waals surface area contributed by atoms with Gasteiger partial charge in [-0.15, -0.1) is 0 Å². The van der Waals surface area contributed by atoms with E-state index in [1.165, 1.54) is 0 Å². The number of aromatic nitrogens is 2. The molecule has 0 fully saturated rings. The van der Waals surface area contributed by atoms with Gasteiger partial charge >= 0.3 is 0 Å². The first-order valence-electron chi connectivity index (χ1n) is 5.76. The number of hydrogen-bond acceptors (Lipinski definition) is 5. The molecule has 0 aliphatic carbocycles. The Bertz CT molecular complexity index is 621. The van der Waals surface area contributed by atoms with E-state index < -0.39 is 5.82 Å². The summed E-state index contributed by atoms with van der Waals surface area (Å²) in [6, 6.07) is 8.76. The number of rotatable bonds is 4. The Morgan fingerprint density at radius 2 is 2.26 bits per heavy atom. The standard InChI is InChI=1S/C13H12FN5/c1-2-16-13-17-8-11(14)12(19-13)18-10-5-3-4-9(6-10)7-15/h3-6,8H,2H2,1H3,(H2,16,17,18,19). The predicted molar refractivity (Wildman–Crippen MR) is 70.6 cm³/mol. The highest BCUT2D eigenvalue weighted by molar-refractivity contribution is 5.59. The number of hydrogen-bond donors (Lipinski definition) is 2. The van der Waals surface area contributed by atoms with E-state index in [2.05, 4.69) is 20.6 Å². The minimum absolute atomic E-state index is 0.0704. The lowest BCUT2D eigenvalue weighted by atomic mass is 10.2. The summed E-state index contributed by atoms with van der Waals surface area (Å²) in [5.74, 6) is -0.132. The molecule has 0 saturated heterocycles. The van der Waals surface area contributed by atoms with Crippen LogP contribution >= 0.6 is 0 Å². The molecule has 0 atom stereocenters. The molecule has 6 heteroatoms. The van der Waals surface area contributed by atoms with Gasteiger partial charge in [-0.05, 0) is 25.1 Å². The van der Waals surface area contributed by atoms with Crippen molar-refractivity contribution in [3.05, 3.63) is 41.8 Å². The van der Waals surface area contributed by atoms with Crippen LogP contribution in [0.3, 0.4) is 0 Å². The van der Waals surface area contributed by atoms with E-state index in [4.69, 9.17) is 5.26 Å². The highest BCUT2D eigenvalue weighted by Gasteiger charge is 2.07. The summed E-state index contributed by atoms with van der Waals surface area (Å²) in [4.78, 5) is 7.84. The fraction of sp³-hybridized carbons (Fsp3) is 0.154. The smallest absolute Gasteiger partial charge is 0.224 e. The fourth-order valence-corrected chi connectivity index (χ4v) is 1.50. The van der Waals surface area contributed by atoms with Gasteiger partial charge in [0.1, 0.15) is 0 Å². The van der Waals surface area contributed by atoms with Gasteiger partial charge in [-0.25, -0.2) is 9.37 Å². The zero-order chi connectivity index (χ0) is 13.7. The summed E-state index contributed by atoms with van der Waals surface area (Å²) in [5.41, 5.74) is 1.09. The second-order valence-electron chi connectivity index (χ2n) is 3.74. The molecule has 2 rings (SSSR count). The second kappa shape index (κ2) is 5.78. The van der Waals surface area contributed by atoms with Crippen LogP contribution in [0.5, 0.6) is 0 Å². The average Bonchev–Trinajstić information content (AvgIpc) is 2.43. The first kappa shape index (κ1) is 12.8. The van der Waals surface area contributed by atoms with Gasteiger partial charge < -0.3 is 10.6 Å². The Kier molecular flexibility index (Phi) is 3.88. The van der Waals surface area contributed by atoms with Crippen LogP contribution in [0.25, 0.3) is 0 Å². The summed E-state index contributed by atoms with van der Waals surface area (Å²) in [6.45, 7) is 2.55. The van der Waals surface area contributed by atoms with Crippen LogP contribution in [0, 0.1) is 17.1 Å². The Morgan fingerprint density at radius 3 is 3.00 bits per heavy atom. The summed E-state index contributed by atoms with van der Waals surface area (Å²) in [6.07, 6.45) is 1.10. The highest BCUT2D eigenvalue weighted by atomic mass is 19.1. The van der Waals surface area contributed by atoms with Gasteiger partial charge in [0, 0.05) is 12.2 Å². The molecule has 0 radical (unpaired) electrons. The van der Waals surface area contributed by atoms with Crippen LogP contribution in [0.4, 0.5) is 21.8 Å². The Morgan fingerprint density at radius 1 is 1.42 bits per heavy atom. The Labute approximate surface area is 110 Å². The first-order chi connectivity index (χ1) is 9.22. The highest BCUT2D eigenvalue weighted by Crippen LogP contribution is 2.19. The molecule has 0 amide bonds. The zero-order valence-corrected chi connectivity index (χ0v) is 10.3. The van der Waals surface area contributed by atoms with E-state index in [-0.39, 0.29) is 5.82 Å². The van der Waals surface area contributed by atoms with E-state index in [9.17, 15) is 4.39 Å². The van der Waals surface area contributed by atoms with Gasteiger partial charge in [0.25, 0.3) is 0 Å². The van der Waals surface area contributed by atoms with Crippen molar-refractivity contribution in [2.24, 2.45) is 0 Å². The van der Waals surface area contributed by atoms with Gasteiger partial charge in [-0.3, -0.25) is 0 Å². The van der Waals surface area contributed by atoms with Crippen LogP contribution in [0.1, 0.15) is 12.5 Å². The molecule has 0 unspecified atom stereocenters. The van der Waals surface area contributed by atoms with Crippen molar-refractivity contribution < 1.29 is 4.39 Å². The Hall–Kier alpha value is -2.68. The van der Waals surface area contributed by atoms with E-state index in [0.717, 1.165) is 6.20 Å². The third kappa shape index (κ3) is 3.16. The normalized spacial score (nSPS) is 9.74. The molecule has 0 aliphatic rings. The predicted octanol–water partition coefficient (Wildman–Crippen LogP) is 2.66. The van der Waals surface area contributed by atoms with Gasteiger partial charge in [0.05, 0.1) is 17.8 Å². The number of benzene rings is 1. The molecule has 2 aromatic rings. The van der Waals surface area contributed by atoms with Crippen LogP contribution in [0.15, 0.2) is 30.5 Å². The van der Waals surface area contributed by atoms with E-state index in [1.54, 1.807) is 24.3 Å². The first-order valence-corrected chi connectivity index (χ1v) is 5.76. The van der Waals surface area contributed by atoms with E-state index >= 15 is 0 Å². The van der Waals surface area contributed by atoms with Crippen LogP contribution in [0.2, 0.25) is 0 Å². The molecule has 1 aromatic carbocycles. The molecule has 5 nitrogen and oxygen atoms in total. The monoisotopic (exact) mass is 257 g/mol. The third-order valence-corrected chi connectivity index (χ3v) is 2.33. The van der Waals surface area contributed by atoms with Crippen molar-refractivity contribution in [2.75, 3.05) is 17.2 Å². The topological polar surface area (TPSA) is 73.6 Å². The number of nitrogens with one attached hydrogen (secondary N) is 2. The summed E-state index contributed by atoms with van der Waals surface area (Å²) >= 11 is 0. The Balaban J connectivity index is 2.26. The molecular formula is C13H12FN5. The molecule has 1 aromatic heterocycles.